The molecule has 5 rings (SSSR count). The Labute approximate surface area is 185 Å². The lowest BCUT2D eigenvalue weighted by Gasteiger charge is -2.28. The summed E-state index contributed by atoms with van der Waals surface area (Å²) in [5.74, 6) is 3.10. The summed E-state index contributed by atoms with van der Waals surface area (Å²) in [6.07, 6.45) is 3.76. The van der Waals surface area contributed by atoms with Crippen LogP contribution in [0.5, 0.6) is 0 Å². The quantitative estimate of drug-likeness (QED) is 0.484. The maximum absolute atomic E-state index is 5.49. The van der Waals surface area contributed by atoms with Crippen molar-refractivity contribution in [2.45, 2.75) is 19.9 Å². The second kappa shape index (κ2) is 8.32. The third kappa shape index (κ3) is 3.43. The fourth-order valence-electron chi connectivity index (χ4n) is 4.18. The zero-order valence-electron chi connectivity index (χ0n) is 18.7. The van der Waals surface area contributed by atoms with Crippen LogP contribution in [-0.4, -0.2) is 81.2 Å². The second-order valence-electron chi connectivity index (χ2n) is 7.91. The summed E-state index contributed by atoms with van der Waals surface area (Å²) in [5, 5.41) is 11.6. The molecule has 1 atom stereocenters. The number of ether oxygens (including phenoxy) is 2. The van der Waals surface area contributed by atoms with E-state index >= 15 is 0 Å². The monoisotopic (exact) mass is 437 g/mol. The van der Waals surface area contributed by atoms with Crippen molar-refractivity contribution in [1.82, 2.24) is 34.1 Å². The van der Waals surface area contributed by atoms with Gasteiger partial charge in [0.2, 0.25) is 5.65 Å². The van der Waals surface area contributed by atoms with Crippen LogP contribution in [-0.2, 0) is 9.47 Å². The number of hydrogen-bond acceptors (Lipinski definition) is 9. The van der Waals surface area contributed by atoms with E-state index in [4.69, 9.17) is 19.4 Å². The smallest absolute Gasteiger partial charge is 0.203 e. The molecule has 1 saturated heterocycles. The Morgan fingerprint density at radius 1 is 1.22 bits per heavy atom. The zero-order valence-corrected chi connectivity index (χ0v) is 18.7. The summed E-state index contributed by atoms with van der Waals surface area (Å²) < 4.78 is 15.1. The van der Waals surface area contributed by atoms with E-state index in [0.29, 0.717) is 31.3 Å². The van der Waals surface area contributed by atoms with E-state index in [1.165, 1.54) is 0 Å². The molecule has 0 aromatic carbocycles. The second-order valence-corrected chi connectivity index (χ2v) is 7.91. The molecular weight excluding hydrogens is 410 g/mol. The van der Waals surface area contributed by atoms with Gasteiger partial charge in [0.1, 0.15) is 22.9 Å². The average molecular weight is 438 g/mol. The molecule has 168 valence electrons. The van der Waals surface area contributed by atoms with Crippen molar-refractivity contribution in [3.05, 3.63) is 24.3 Å². The number of pyridine rings is 1. The first-order valence-corrected chi connectivity index (χ1v) is 10.7. The number of aromatic nitrogens is 7. The van der Waals surface area contributed by atoms with Crippen molar-refractivity contribution >= 4 is 28.3 Å². The first-order chi connectivity index (χ1) is 15.6. The molecule has 0 radical (unpaired) electrons. The summed E-state index contributed by atoms with van der Waals surface area (Å²) in [6.45, 7) is 7.63. The number of aryl methyl sites for hydroxylation is 1. The first-order valence-electron chi connectivity index (χ1n) is 10.7. The Morgan fingerprint density at radius 3 is 2.78 bits per heavy atom. The topological polar surface area (TPSA) is 108 Å². The fourth-order valence-corrected chi connectivity index (χ4v) is 4.18. The number of methoxy groups -OCH3 is 1. The van der Waals surface area contributed by atoms with Crippen LogP contribution in [0.25, 0.3) is 28.2 Å². The van der Waals surface area contributed by atoms with Crippen LogP contribution in [0, 0.1) is 6.92 Å². The van der Waals surface area contributed by atoms with Crippen LogP contribution in [0.1, 0.15) is 18.8 Å². The molecule has 0 aliphatic carbocycles. The Hall–Kier alpha value is -3.31. The SMILES string of the molecule is CNc1nc(-c2nc3cnc(N4CCOCC4)cc3n2[C@H](C)COC)cn2c(C)nnc12. The Bertz CT molecular complexity index is 1260. The predicted octanol–water partition coefficient (Wildman–Crippen LogP) is 1.93. The molecule has 4 aromatic heterocycles. The molecule has 0 amide bonds. The van der Waals surface area contributed by atoms with E-state index in [9.17, 15) is 0 Å². The van der Waals surface area contributed by atoms with E-state index in [2.05, 4.69) is 43.0 Å². The Morgan fingerprint density at radius 2 is 2.03 bits per heavy atom. The van der Waals surface area contributed by atoms with Crippen LogP contribution in [0.3, 0.4) is 0 Å². The van der Waals surface area contributed by atoms with E-state index in [1.54, 1.807) is 7.11 Å². The molecule has 1 aliphatic heterocycles. The third-order valence-corrected chi connectivity index (χ3v) is 5.77. The molecule has 0 bridgehead atoms. The van der Waals surface area contributed by atoms with Crippen LogP contribution in [0.4, 0.5) is 11.6 Å². The van der Waals surface area contributed by atoms with Crippen LogP contribution >= 0.6 is 0 Å². The highest BCUT2D eigenvalue weighted by atomic mass is 16.5. The third-order valence-electron chi connectivity index (χ3n) is 5.77. The number of fused-ring (bicyclic) bond motifs is 2. The van der Waals surface area contributed by atoms with Crippen LogP contribution in [0.15, 0.2) is 18.5 Å². The largest absolute Gasteiger partial charge is 0.383 e. The number of morpholine rings is 1. The van der Waals surface area contributed by atoms with E-state index in [0.717, 1.165) is 47.3 Å². The highest BCUT2D eigenvalue weighted by molar-refractivity contribution is 5.82. The molecule has 5 heterocycles. The van der Waals surface area contributed by atoms with Gasteiger partial charge >= 0.3 is 0 Å². The Kier molecular flexibility index (Phi) is 5.35. The first kappa shape index (κ1) is 20.6. The van der Waals surface area contributed by atoms with Gasteiger partial charge in [-0.25, -0.2) is 15.0 Å². The van der Waals surface area contributed by atoms with Crippen molar-refractivity contribution in [2.24, 2.45) is 0 Å². The van der Waals surface area contributed by atoms with Gasteiger partial charge in [0, 0.05) is 39.5 Å². The highest BCUT2D eigenvalue weighted by Gasteiger charge is 2.22. The lowest BCUT2D eigenvalue weighted by atomic mass is 10.3. The van der Waals surface area contributed by atoms with E-state index in [1.807, 2.05) is 30.8 Å². The van der Waals surface area contributed by atoms with E-state index in [-0.39, 0.29) is 6.04 Å². The predicted molar refractivity (Wildman–Crippen MR) is 121 cm³/mol. The molecule has 4 aromatic rings. The number of hydrogen-bond donors (Lipinski definition) is 1. The number of anilines is 2. The molecular formula is C21H27N9O2. The standard InChI is InChI=1S/C21H27N9O2/c1-13(12-31-4)30-17-9-18(28-5-7-32-8-6-28)23-10-15(17)25-20(30)16-11-29-14(2)26-27-21(29)19(22-3)24-16/h9-11,13H,5-8,12H2,1-4H3,(H,22,24)/t13-/m1/s1. The zero-order chi connectivity index (χ0) is 22.2. The van der Waals surface area contributed by atoms with Gasteiger partial charge in [0.05, 0.1) is 37.6 Å². The lowest BCUT2D eigenvalue weighted by Crippen LogP contribution is -2.36. The van der Waals surface area contributed by atoms with Gasteiger partial charge in [-0.3, -0.25) is 4.40 Å². The molecule has 0 spiro atoms. The number of rotatable bonds is 6. The van der Waals surface area contributed by atoms with Gasteiger partial charge in [-0.1, -0.05) is 0 Å². The van der Waals surface area contributed by atoms with Gasteiger partial charge in [0.25, 0.3) is 0 Å². The van der Waals surface area contributed by atoms with Crippen molar-refractivity contribution < 1.29 is 9.47 Å². The minimum atomic E-state index is 0.0393. The highest BCUT2D eigenvalue weighted by Crippen LogP contribution is 2.31. The van der Waals surface area contributed by atoms with Crippen LogP contribution in [0.2, 0.25) is 0 Å². The van der Waals surface area contributed by atoms with Crippen LogP contribution < -0.4 is 10.2 Å². The molecule has 32 heavy (non-hydrogen) atoms. The summed E-state index contributed by atoms with van der Waals surface area (Å²) in [6, 6.07) is 2.14. The molecule has 1 aliphatic rings. The van der Waals surface area contributed by atoms with Crippen molar-refractivity contribution in [3.63, 3.8) is 0 Å². The molecule has 11 nitrogen and oxygen atoms in total. The summed E-state index contributed by atoms with van der Waals surface area (Å²) in [4.78, 5) is 16.7. The number of nitrogens with one attached hydrogen (secondary N) is 1. The molecule has 1 N–H and O–H groups in total. The summed E-state index contributed by atoms with van der Waals surface area (Å²) in [5.41, 5.74) is 3.21. The summed E-state index contributed by atoms with van der Waals surface area (Å²) in [7, 11) is 3.53. The maximum atomic E-state index is 5.49. The van der Waals surface area contributed by atoms with Gasteiger partial charge in [-0.2, -0.15) is 0 Å². The van der Waals surface area contributed by atoms with Gasteiger partial charge in [-0.05, 0) is 13.8 Å². The van der Waals surface area contributed by atoms with Crippen molar-refractivity contribution in [3.8, 4) is 11.5 Å². The summed E-state index contributed by atoms with van der Waals surface area (Å²) >= 11 is 0. The number of nitrogens with zero attached hydrogens (tertiary/aromatic N) is 8. The van der Waals surface area contributed by atoms with Crippen molar-refractivity contribution in [1.29, 1.82) is 0 Å². The maximum Gasteiger partial charge on any atom is 0.203 e. The lowest BCUT2D eigenvalue weighted by molar-refractivity contribution is 0.122. The minimum absolute atomic E-state index is 0.0393. The molecule has 0 unspecified atom stereocenters. The molecule has 0 saturated carbocycles. The van der Waals surface area contributed by atoms with Gasteiger partial charge in [0.15, 0.2) is 11.6 Å². The Balaban J connectivity index is 1.71. The van der Waals surface area contributed by atoms with Gasteiger partial charge < -0.3 is 24.3 Å². The fraction of sp³-hybridized carbons (Fsp3) is 0.476. The number of imidazole rings is 1. The van der Waals surface area contributed by atoms with E-state index < -0.39 is 0 Å². The van der Waals surface area contributed by atoms with Gasteiger partial charge in [-0.15, -0.1) is 10.2 Å². The average Bonchev–Trinajstić information content (AvgIpc) is 3.39. The normalized spacial score (nSPS) is 15.6. The molecule has 1 fully saturated rings. The minimum Gasteiger partial charge on any atom is -0.383 e. The van der Waals surface area contributed by atoms with Crippen molar-refractivity contribution in [2.75, 3.05) is 57.3 Å². The molecule has 11 heteroatoms.